The number of benzene rings is 4. The second-order valence-electron chi connectivity index (χ2n) is 7.50. The molecule has 0 unspecified atom stereocenters. The summed E-state index contributed by atoms with van der Waals surface area (Å²) in [5.41, 5.74) is 4.93. The lowest BCUT2D eigenvalue weighted by atomic mass is 10.0. The fourth-order valence-corrected chi connectivity index (χ4v) is 7.38. The van der Waals surface area contributed by atoms with E-state index in [2.05, 4.69) is 62.2 Å². The molecule has 0 saturated carbocycles. The number of carbonyl (C=O) groups is 1. The maximum Gasteiger partial charge on any atom is 0.194 e. The van der Waals surface area contributed by atoms with Crippen LogP contribution in [0, 0.1) is 0 Å². The monoisotopic (exact) mass is 532 g/mol. The first-order chi connectivity index (χ1) is 14.6. The first kappa shape index (κ1) is 17.2. The van der Waals surface area contributed by atoms with Gasteiger partial charge in [0.1, 0.15) is 11.2 Å². The van der Waals surface area contributed by atoms with Crippen LogP contribution >= 0.6 is 43.2 Å². The maximum atomic E-state index is 13.4. The van der Waals surface area contributed by atoms with E-state index in [1.165, 1.54) is 10.1 Å². The van der Waals surface area contributed by atoms with Gasteiger partial charge < -0.3 is 4.42 Å². The Kier molecular flexibility index (Phi) is 3.34. The number of furan rings is 1. The number of hydrogen-bond acceptors (Lipinski definition) is 3. The highest BCUT2D eigenvalue weighted by molar-refractivity contribution is 9.11. The summed E-state index contributed by atoms with van der Waals surface area (Å²) >= 11 is 9.16. The van der Waals surface area contributed by atoms with Gasteiger partial charge in [0.15, 0.2) is 5.78 Å². The summed E-state index contributed by atoms with van der Waals surface area (Å²) in [6, 6.07) is 20.3. The highest BCUT2D eigenvalue weighted by atomic mass is 79.9. The minimum Gasteiger partial charge on any atom is -0.455 e. The topological polar surface area (TPSA) is 30.2 Å². The van der Waals surface area contributed by atoms with Crippen LogP contribution in [0.3, 0.4) is 0 Å². The number of para-hydroxylation sites is 1. The summed E-state index contributed by atoms with van der Waals surface area (Å²) in [6.07, 6.45) is 0. The quantitative estimate of drug-likeness (QED) is 0.195. The fourth-order valence-electron chi connectivity index (χ4n) is 4.70. The molecule has 1 aliphatic rings. The molecule has 0 saturated heterocycles. The Balaban J connectivity index is 1.75. The molecule has 0 aliphatic heterocycles. The maximum absolute atomic E-state index is 13.4. The van der Waals surface area contributed by atoms with Gasteiger partial charge in [-0.2, -0.15) is 0 Å². The molecule has 2 nitrogen and oxygen atoms in total. The van der Waals surface area contributed by atoms with Crippen LogP contribution in [0.1, 0.15) is 15.9 Å². The molecule has 2 heterocycles. The van der Waals surface area contributed by atoms with Crippen molar-refractivity contribution in [3.63, 3.8) is 0 Å². The van der Waals surface area contributed by atoms with E-state index in [1.54, 1.807) is 11.3 Å². The van der Waals surface area contributed by atoms with Gasteiger partial charge in [-0.05, 0) is 40.2 Å². The lowest BCUT2D eigenvalue weighted by Crippen LogP contribution is -1.95. The first-order valence-corrected chi connectivity index (χ1v) is 11.9. The van der Waals surface area contributed by atoms with Crippen LogP contribution in [0.25, 0.3) is 53.2 Å². The van der Waals surface area contributed by atoms with Crippen LogP contribution in [0.5, 0.6) is 0 Å². The summed E-state index contributed by atoms with van der Waals surface area (Å²) in [5.74, 6) is 0.0445. The lowest BCUT2D eigenvalue weighted by molar-refractivity contribution is 0.104. The second kappa shape index (κ2) is 5.82. The van der Waals surface area contributed by atoms with Gasteiger partial charge in [0.25, 0.3) is 0 Å². The third-order valence-electron chi connectivity index (χ3n) is 5.94. The standard InChI is InChI=1S/C25H10Br2O2S/c26-15-9-13-21(24-19(15)11-5-1-3-7-17(11)29-24)22-14(23(13)28)10-16(27)20-12-6-2-4-8-18(12)30-25(20)22/h1-10H. The first-order valence-electron chi connectivity index (χ1n) is 9.46. The summed E-state index contributed by atoms with van der Waals surface area (Å²) < 4.78 is 10.5. The van der Waals surface area contributed by atoms with Gasteiger partial charge in [-0.3, -0.25) is 4.79 Å². The van der Waals surface area contributed by atoms with Crippen LogP contribution in [0.4, 0.5) is 0 Å². The molecule has 0 bridgehead atoms. The molecular formula is C25H10Br2O2S. The van der Waals surface area contributed by atoms with E-state index in [4.69, 9.17) is 4.42 Å². The molecule has 7 rings (SSSR count). The Hall–Kier alpha value is -2.47. The van der Waals surface area contributed by atoms with Crippen molar-refractivity contribution >= 4 is 91.1 Å². The number of carbonyl (C=O) groups excluding carboxylic acids is 1. The van der Waals surface area contributed by atoms with Crippen molar-refractivity contribution in [3.05, 3.63) is 80.7 Å². The van der Waals surface area contributed by atoms with E-state index in [0.29, 0.717) is 5.56 Å². The molecule has 0 fully saturated rings. The van der Waals surface area contributed by atoms with Crippen molar-refractivity contribution in [2.45, 2.75) is 0 Å². The molecule has 6 aromatic rings. The van der Waals surface area contributed by atoms with Gasteiger partial charge in [0, 0.05) is 62.1 Å². The summed E-state index contributed by atoms with van der Waals surface area (Å²) in [6.45, 7) is 0. The normalized spacial score (nSPS) is 13.1. The fraction of sp³-hybridized carbons (Fsp3) is 0. The SMILES string of the molecule is O=C1c2cc(Br)c3c(oc4ccccc43)c2-c2c1cc(Br)c1c2sc2ccccc21. The Morgan fingerprint density at radius 3 is 2.27 bits per heavy atom. The van der Waals surface area contributed by atoms with Crippen LogP contribution in [-0.2, 0) is 0 Å². The number of halogens is 2. The molecule has 30 heavy (non-hydrogen) atoms. The van der Waals surface area contributed by atoms with Gasteiger partial charge in [-0.25, -0.2) is 0 Å². The van der Waals surface area contributed by atoms with Crippen molar-refractivity contribution in [3.8, 4) is 11.1 Å². The average molecular weight is 534 g/mol. The minimum absolute atomic E-state index is 0.0445. The van der Waals surface area contributed by atoms with E-state index in [0.717, 1.165) is 57.7 Å². The van der Waals surface area contributed by atoms with Crippen molar-refractivity contribution in [2.24, 2.45) is 0 Å². The molecule has 0 spiro atoms. The van der Waals surface area contributed by atoms with Crippen molar-refractivity contribution in [1.29, 1.82) is 0 Å². The molecular weight excluding hydrogens is 524 g/mol. The number of rotatable bonds is 0. The van der Waals surface area contributed by atoms with Gasteiger partial charge in [0.05, 0.1) is 0 Å². The number of hydrogen-bond donors (Lipinski definition) is 0. The van der Waals surface area contributed by atoms with E-state index < -0.39 is 0 Å². The number of fused-ring (bicyclic) bond motifs is 11. The highest BCUT2D eigenvalue weighted by Crippen LogP contribution is 2.53. The summed E-state index contributed by atoms with van der Waals surface area (Å²) in [4.78, 5) is 13.4. The largest absolute Gasteiger partial charge is 0.455 e. The van der Waals surface area contributed by atoms with Crippen LogP contribution < -0.4 is 0 Å². The molecule has 0 N–H and O–H groups in total. The van der Waals surface area contributed by atoms with Gasteiger partial charge in [-0.15, -0.1) is 11.3 Å². The van der Waals surface area contributed by atoms with E-state index in [9.17, 15) is 4.79 Å². The van der Waals surface area contributed by atoms with Crippen molar-refractivity contribution in [2.75, 3.05) is 0 Å². The van der Waals surface area contributed by atoms with Crippen LogP contribution in [0.15, 0.2) is 74.0 Å². The van der Waals surface area contributed by atoms with E-state index in [1.807, 2.05) is 30.3 Å². The molecule has 1 aliphatic carbocycles. The smallest absolute Gasteiger partial charge is 0.194 e. The lowest BCUT2D eigenvalue weighted by Gasteiger charge is -2.06. The molecule has 4 aromatic carbocycles. The molecule has 142 valence electrons. The third kappa shape index (κ3) is 2.01. The van der Waals surface area contributed by atoms with Crippen LogP contribution in [-0.4, -0.2) is 5.78 Å². The van der Waals surface area contributed by atoms with Gasteiger partial charge >= 0.3 is 0 Å². The van der Waals surface area contributed by atoms with Crippen molar-refractivity contribution < 1.29 is 9.21 Å². The average Bonchev–Trinajstić information content (AvgIpc) is 3.40. The molecule has 5 heteroatoms. The molecule has 0 atom stereocenters. The number of thiophene rings is 1. The van der Waals surface area contributed by atoms with E-state index >= 15 is 0 Å². The Labute approximate surface area is 191 Å². The predicted molar refractivity (Wildman–Crippen MR) is 131 cm³/mol. The van der Waals surface area contributed by atoms with E-state index in [-0.39, 0.29) is 5.78 Å². The zero-order valence-electron chi connectivity index (χ0n) is 15.3. The predicted octanol–water partition coefficient (Wildman–Crippen LogP) is 8.69. The molecule has 0 amide bonds. The Bertz CT molecular complexity index is 1610. The minimum atomic E-state index is 0.0445. The second-order valence-corrected chi connectivity index (χ2v) is 10.3. The van der Waals surface area contributed by atoms with Crippen molar-refractivity contribution in [1.82, 2.24) is 0 Å². The molecule has 2 aromatic heterocycles. The third-order valence-corrected chi connectivity index (χ3v) is 8.38. The molecule has 0 radical (unpaired) electrons. The van der Waals surface area contributed by atoms with Crippen LogP contribution in [0.2, 0.25) is 0 Å². The summed E-state index contributed by atoms with van der Waals surface area (Å²) in [7, 11) is 0. The Morgan fingerprint density at radius 2 is 1.43 bits per heavy atom. The van der Waals surface area contributed by atoms with Gasteiger partial charge in [-0.1, -0.05) is 52.3 Å². The number of ketones is 1. The Morgan fingerprint density at radius 1 is 0.767 bits per heavy atom. The highest BCUT2D eigenvalue weighted by Gasteiger charge is 2.34. The zero-order valence-corrected chi connectivity index (χ0v) is 19.2. The van der Waals surface area contributed by atoms with Gasteiger partial charge in [0.2, 0.25) is 0 Å². The zero-order chi connectivity index (χ0) is 20.1. The summed E-state index contributed by atoms with van der Waals surface area (Å²) in [5, 5.41) is 4.42.